The third kappa shape index (κ3) is 4.97. The highest BCUT2D eigenvalue weighted by atomic mass is 16.5. The minimum atomic E-state index is -0.346. The largest absolute Gasteiger partial charge is 0.484 e. The maximum Gasteiger partial charge on any atom is 0.277 e. The van der Waals surface area contributed by atoms with Gasteiger partial charge in [-0.1, -0.05) is 29.8 Å². The quantitative estimate of drug-likeness (QED) is 0.682. The van der Waals surface area contributed by atoms with Crippen molar-refractivity contribution >= 4 is 11.6 Å². The summed E-state index contributed by atoms with van der Waals surface area (Å²) in [6.07, 6.45) is 0. The summed E-state index contributed by atoms with van der Waals surface area (Å²) in [5, 5.41) is 12.8. The number of rotatable bonds is 5. The Morgan fingerprint density at radius 3 is 2.43 bits per heavy atom. The van der Waals surface area contributed by atoms with Crippen molar-refractivity contribution in [3.05, 3.63) is 65.2 Å². The van der Waals surface area contributed by atoms with Gasteiger partial charge in [-0.05, 0) is 43.7 Å². The van der Waals surface area contributed by atoms with Crippen LogP contribution in [-0.2, 0) is 4.79 Å². The minimum Gasteiger partial charge on any atom is -0.484 e. The molecule has 2 aromatic carbocycles. The first kappa shape index (κ1) is 16.2. The first-order valence-electron chi connectivity index (χ1n) is 7.11. The first-order valence-corrected chi connectivity index (χ1v) is 7.11. The van der Waals surface area contributed by atoms with Crippen LogP contribution < -0.4 is 10.2 Å². The lowest BCUT2D eigenvalue weighted by Gasteiger charge is -2.06. The van der Waals surface area contributed by atoms with Gasteiger partial charge in [0.2, 0.25) is 0 Å². The molecular formula is C18H17N3O2. The molecule has 1 amide bonds. The van der Waals surface area contributed by atoms with Gasteiger partial charge in [-0.2, -0.15) is 10.4 Å². The number of hydrogen-bond acceptors (Lipinski definition) is 4. The van der Waals surface area contributed by atoms with Gasteiger partial charge in [-0.25, -0.2) is 5.43 Å². The molecular weight excluding hydrogens is 290 g/mol. The van der Waals surface area contributed by atoms with Crippen LogP contribution in [0.4, 0.5) is 0 Å². The van der Waals surface area contributed by atoms with E-state index in [1.165, 1.54) is 5.56 Å². The van der Waals surface area contributed by atoms with Crippen molar-refractivity contribution in [2.45, 2.75) is 13.8 Å². The van der Waals surface area contributed by atoms with E-state index in [0.29, 0.717) is 11.3 Å². The van der Waals surface area contributed by atoms with E-state index in [1.54, 1.807) is 24.3 Å². The summed E-state index contributed by atoms with van der Waals surface area (Å²) in [7, 11) is 0. The van der Waals surface area contributed by atoms with E-state index in [1.807, 2.05) is 44.2 Å². The van der Waals surface area contributed by atoms with E-state index in [-0.39, 0.29) is 12.5 Å². The molecule has 0 spiro atoms. The Morgan fingerprint density at radius 2 is 1.83 bits per heavy atom. The molecule has 2 rings (SSSR count). The average Bonchev–Trinajstić information content (AvgIpc) is 2.59. The fraction of sp³-hybridized carbons (Fsp3) is 0.167. The summed E-state index contributed by atoms with van der Waals surface area (Å²) in [5.41, 5.74) is 5.84. The number of benzene rings is 2. The van der Waals surface area contributed by atoms with E-state index in [0.717, 1.165) is 11.3 Å². The zero-order valence-electron chi connectivity index (χ0n) is 13.0. The predicted molar refractivity (Wildman–Crippen MR) is 88.2 cm³/mol. The summed E-state index contributed by atoms with van der Waals surface area (Å²) < 4.78 is 5.33. The maximum atomic E-state index is 11.7. The third-order valence-corrected chi connectivity index (χ3v) is 3.17. The summed E-state index contributed by atoms with van der Waals surface area (Å²) in [4.78, 5) is 11.7. The number of aryl methyl sites for hydroxylation is 1. The number of hydrazone groups is 1. The summed E-state index contributed by atoms with van der Waals surface area (Å²) in [6, 6.07) is 16.5. The number of nitrogens with one attached hydrogen (secondary N) is 1. The van der Waals surface area contributed by atoms with Gasteiger partial charge in [0, 0.05) is 0 Å². The Kier molecular flexibility index (Phi) is 5.48. The molecule has 0 unspecified atom stereocenters. The molecule has 0 aromatic heterocycles. The lowest BCUT2D eigenvalue weighted by molar-refractivity contribution is -0.123. The Morgan fingerprint density at radius 1 is 1.17 bits per heavy atom. The fourth-order valence-corrected chi connectivity index (χ4v) is 1.81. The molecule has 0 aliphatic heterocycles. The average molecular weight is 307 g/mol. The summed E-state index contributed by atoms with van der Waals surface area (Å²) in [5.74, 6) is 0.180. The van der Waals surface area contributed by atoms with Crippen LogP contribution >= 0.6 is 0 Å². The first-order chi connectivity index (χ1) is 11.1. The van der Waals surface area contributed by atoms with Crippen LogP contribution in [0.25, 0.3) is 0 Å². The van der Waals surface area contributed by atoms with Gasteiger partial charge in [0.1, 0.15) is 5.75 Å². The fourth-order valence-electron chi connectivity index (χ4n) is 1.81. The zero-order chi connectivity index (χ0) is 16.7. The molecule has 0 fully saturated rings. The van der Waals surface area contributed by atoms with Gasteiger partial charge in [0.25, 0.3) is 5.91 Å². The van der Waals surface area contributed by atoms with Crippen LogP contribution in [0.2, 0.25) is 0 Å². The zero-order valence-corrected chi connectivity index (χ0v) is 13.0. The molecule has 116 valence electrons. The third-order valence-electron chi connectivity index (χ3n) is 3.17. The highest BCUT2D eigenvalue weighted by Gasteiger charge is 2.03. The van der Waals surface area contributed by atoms with E-state index in [2.05, 4.69) is 10.5 Å². The Labute approximate surface area is 135 Å². The molecule has 0 saturated carbocycles. The number of carbonyl (C=O) groups excluding carboxylic acids is 1. The predicted octanol–water partition coefficient (Wildman–Crippen LogP) is 2.79. The van der Waals surface area contributed by atoms with Gasteiger partial charge in [-0.15, -0.1) is 0 Å². The van der Waals surface area contributed by atoms with Crippen LogP contribution in [-0.4, -0.2) is 18.2 Å². The van der Waals surface area contributed by atoms with Crippen LogP contribution in [0.5, 0.6) is 5.75 Å². The molecule has 23 heavy (non-hydrogen) atoms. The van der Waals surface area contributed by atoms with Crippen molar-refractivity contribution in [2.75, 3.05) is 6.61 Å². The Hall–Kier alpha value is -3.13. The van der Waals surface area contributed by atoms with E-state index < -0.39 is 0 Å². The number of hydrogen-bond donors (Lipinski definition) is 1. The van der Waals surface area contributed by atoms with Crippen molar-refractivity contribution in [2.24, 2.45) is 5.10 Å². The highest BCUT2D eigenvalue weighted by molar-refractivity contribution is 5.99. The minimum absolute atomic E-state index is 0.142. The topological polar surface area (TPSA) is 74.5 Å². The lowest BCUT2D eigenvalue weighted by atomic mass is 10.1. The van der Waals surface area contributed by atoms with Crippen molar-refractivity contribution in [1.82, 2.24) is 5.43 Å². The van der Waals surface area contributed by atoms with Gasteiger partial charge in [-0.3, -0.25) is 4.79 Å². The highest BCUT2D eigenvalue weighted by Crippen LogP contribution is 2.11. The van der Waals surface area contributed by atoms with Crippen LogP contribution in [0.1, 0.15) is 23.6 Å². The molecule has 5 heteroatoms. The molecule has 0 heterocycles. The van der Waals surface area contributed by atoms with Gasteiger partial charge < -0.3 is 4.74 Å². The molecule has 1 N–H and O–H groups in total. The second-order valence-electron chi connectivity index (χ2n) is 5.02. The number of nitriles is 1. The van der Waals surface area contributed by atoms with Gasteiger partial charge >= 0.3 is 0 Å². The lowest BCUT2D eigenvalue weighted by Crippen LogP contribution is -2.25. The molecule has 0 atom stereocenters. The maximum absolute atomic E-state index is 11.7. The molecule has 0 saturated heterocycles. The number of amides is 1. The molecule has 0 bridgehead atoms. The van der Waals surface area contributed by atoms with Crippen LogP contribution in [0.15, 0.2) is 53.6 Å². The monoisotopic (exact) mass is 307 g/mol. The van der Waals surface area contributed by atoms with Crippen molar-refractivity contribution < 1.29 is 9.53 Å². The molecule has 0 radical (unpaired) electrons. The standard InChI is InChI=1S/C18H17N3O2/c1-13-3-7-16(8-4-13)14(2)20-21-18(22)12-23-17-9-5-15(11-19)6-10-17/h3-10H,12H2,1-2H3,(H,21,22)/b20-14-. The number of nitrogens with zero attached hydrogens (tertiary/aromatic N) is 2. The molecule has 2 aromatic rings. The summed E-state index contributed by atoms with van der Waals surface area (Å²) >= 11 is 0. The molecule has 0 aliphatic rings. The van der Waals surface area contributed by atoms with E-state index in [4.69, 9.17) is 10.00 Å². The molecule has 0 aliphatic carbocycles. The van der Waals surface area contributed by atoms with Crippen LogP contribution in [0, 0.1) is 18.3 Å². The van der Waals surface area contributed by atoms with Crippen LogP contribution in [0.3, 0.4) is 0 Å². The Balaban J connectivity index is 1.85. The Bertz CT molecular complexity index is 741. The second-order valence-corrected chi connectivity index (χ2v) is 5.02. The number of carbonyl (C=O) groups is 1. The van der Waals surface area contributed by atoms with Gasteiger partial charge in [0.15, 0.2) is 6.61 Å². The van der Waals surface area contributed by atoms with Gasteiger partial charge in [0.05, 0.1) is 17.3 Å². The summed E-state index contributed by atoms with van der Waals surface area (Å²) in [6.45, 7) is 3.70. The SMILES string of the molecule is C/C(=N/NC(=O)COc1ccc(C#N)cc1)c1ccc(C)cc1. The second kappa shape index (κ2) is 7.76. The molecule has 5 nitrogen and oxygen atoms in total. The van der Waals surface area contributed by atoms with Crippen molar-refractivity contribution in [3.8, 4) is 11.8 Å². The number of ether oxygens (including phenoxy) is 1. The smallest absolute Gasteiger partial charge is 0.277 e. The van der Waals surface area contributed by atoms with Crippen molar-refractivity contribution in [3.63, 3.8) is 0 Å². The van der Waals surface area contributed by atoms with E-state index in [9.17, 15) is 4.79 Å². The van der Waals surface area contributed by atoms with Crippen molar-refractivity contribution in [1.29, 1.82) is 5.26 Å². The normalized spacial score (nSPS) is 10.7. The van der Waals surface area contributed by atoms with E-state index >= 15 is 0 Å².